The number of aryl methyl sites for hydroxylation is 1. The molecule has 39 heavy (non-hydrogen) atoms. The number of hydrogen-bond donors (Lipinski definition) is 2. The summed E-state index contributed by atoms with van der Waals surface area (Å²) in [5.41, 5.74) is 0.736. The van der Waals surface area contributed by atoms with E-state index in [0.717, 1.165) is 49.9 Å². The average Bonchev–Trinajstić information content (AvgIpc) is 3.62. The van der Waals surface area contributed by atoms with Crippen molar-refractivity contribution in [2.75, 3.05) is 32.7 Å². The average molecular weight is 532 g/mol. The van der Waals surface area contributed by atoms with Crippen molar-refractivity contribution in [3.63, 3.8) is 0 Å². The van der Waals surface area contributed by atoms with Crippen LogP contribution < -0.4 is 10.9 Å². The Bertz CT molecular complexity index is 1380. The number of carbonyl (C=O) groups is 1. The second-order valence-corrected chi connectivity index (χ2v) is 11.4. The van der Waals surface area contributed by atoms with Gasteiger partial charge in [0, 0.05) is 63.0 Å². The number of likely N-dealkylation sites (tertiary alicyclic amines) is 1. The zero-order valence-electron chi connectivity index (χ0n) is 22.5. The van der Waals surface area contributed by atoms with Crippen LogP contribution in [0.25, 0.3) is 11.3 Å². The Hall–Kier alpha value is -3.50. The largest absolute Gasteiger partial charge is 0.387 e. The molecule has 1 aliphatic carbocycles. The highest BCUT2D eigenvalue weighted by Gasteiger charge is 2.56. The Kier molecular flexibility index (Phi) is 6.76. The Balaban J connectivity index is 1.22. The number of benzene rings is 1. The first-order valence-electron chi connectivity index (χ1n) is 14.0. The molecule has 0 radical (unpaired) electrons. The highest BCUT2D eigenvalue weighted by Crippen LogP contribution is 2.51. The molecule has 2 aliphatic heterocycles. The molecular formula is C29H37N7O3. The van der Waals surface area contributed by atoms with Gasteiger partial charge in [-0.3, -0.25) is 14.0 Å². The zero-order valence-corrected chi connectivity index (χ0v) is 22.5. The van der Waals surface area contributed by atoms with Crippen molar-refractivity contribution in [1.29, 1.82) is 0 Å². The predicted molar refractivity (Wildman–Crippen MR) is 147 cm³/mol. The van der Waals surface area contributed by atoms with Gasteiger partial charge in [0.1, 0.15) is 0 Å². The van der Waals surface area contributed by atoms with Crippen molar-refractivity contribution >= 4 is 6.03 Å². The number of hydrogen-bond acceptors (Lipinski definition) is 6. The van der Waals surface area contributed by atoms with E-state index in [1.165, 1.54) is 17.0 Å². The van der Waals surface area contributed by atoms with Gasteiger partial charge in [-0.2, -0.15) is 5.10 Å². The summed E-state index contributed by atoms with van der Waals surface area (Å²) in [6.45, 7) is 3.28. The van der Waals surface area contributed by atoms with E-state index in [4.69, 9.17) is 0 Å². The first kappa shape index (κ1) is 25.8. The molecule has 2 saturated heterocycles. The summed E-state index contributed by atoms with van der Waals surface area (Å²) in [5.74, 6) is 0. The summed E-state index contributed by atoms with van der Waals surface area (Å²) < 4.78 is 3.20. The van der Waals surface area contributed by atoms with E-state index in [1.807, 2.05) is 41.2 Å². The van der Waals surface area contributed by atoms with Gasteiger partial charge in [-0.15, -0.1) is 0 Å². The van der Waals surface area contributed by atoms with Gasteiger partial charge in [0.05, 0.1) is 36.4 Å². The molecule has 1 spiro atoms. The quantitative estimate of drug-likeness (QED) is 0.535. The number of carbonyl (C=O) groups excluding carboxylic acids is 1. The third-order valence-electron chi connectivity index (χ3n) is 9.09. The van der Waals surface area contributed by atoms with Crippen molar-refractivity contribution in [3.05, 3.63) is 71.0 Å². The minimum absolute atomic E-state index is 0.0178. The molecule has 1 saturated carbocycles. The van der Waals surface area contributed by atoms with Gasteiger partial charge in [0.15, 0.2) is 0 Å². The van der Waals surface area contributed by atoms with Crippen molar-refractivity contribution < 1.29 is 9.90 Å². The van der Waals surface area contributed by atoms with Gasteiger partial charge in [-0.25, -0.2) is 9.78 Å². The molecular weight excluding hydrogens is 494 g/mol. The van der Waals surface area contributed by atoms with Crippen LogP contribution in [0.3, 0.4) is 0 Å². The summed E-state index contributed by atoms with van der Waals surface area (Å²) in [4.78, 5) is 35.5. The van der Waals surface area contributed by atoms with Gasteiger partial charge in [0.2, 0.25) is 0 Å². The van der Waals surface area contributed by atoms with E-state index in [-0.39, 0.29) is 24.2 Å². The molecule has 0 bridgehead atoms. The van der Waals surface area contributed by atoms with Crippen LogP contribution in [0.15, 0.2) is 59.9 Å². The number of piperazine rings is 1. The topological polar surface area (TPSA) is 109 Å². The maximum atomic E-state index is 13.9. The first-order chi connectivity index (χ1) is 18.9. The number of piperidine rings is 1. The van der Waals surface area contributed by atoms with E-state index in [2.05, 4.69) is 27.5 Å². The van der Waals surface area contributed by atoms with E-state index in [9.17, 15) is 14.7 Å². The monoisotopic (exact) mass is 531 g/mol. The summed E-state index contributed by atoms with van der Waals surface area (Å²) in [6.07, 6.45) is 9.17. The van der Waals surface area contributed by atoms with Gasteiger partial charge in [-0.05, 0) is 24.8 Å². The Morgan fingerprint density at radius 1 is 1.15 bits per heavy atom. The summed E-state index contributed by atoms with van der Waals surface area (Å²) in [6, 6.07) is 11.7. The van der Waals surface area contributed by atoms with Crippen molar-refractivity contribution in [2.45, 2.75) is 50.3 Å². The lowest BCUT2D eigenvalue weighted by atomic mass is 9.66. The smallest absolute Gasteiger partial charge is 0.320 e. The molecule has 1 aromatic carbocycles. The number of urea groups is 1. The lowest BCUT2D eigenvalue weighted by molar-refractivity contribution is -0.137. The molecule has 206 valence electrons. The maximum absolute atomic E-state index is 13.9. The fourth-order valence-electron chi connectivity index (χ4n) is 6.89. The number of nitrogens with zero attached hydrogens (tertiary/aromatic N) is 6. The number of aromatic nitrogens is 4. The third kappa shape index (κ3) is 4.76. The van der Waals surface area contributed by atoms with Gasteiger partial charge in [-0.1, -0.05) is 43.2 Å². The van der Waals surface area contributed by atoms with Crippen LogP contribution in [0.2, 0.25) is 0 Å². The number of nitrogens with one attached hydrogen (secondary N) is 1. The van der Waals surface area contributed by atoms with E-state index in [0.29, 0.717) is 31.7 Å². The van der Waals surface area contributed by atoms with Crippen LogP contribution in [-0.4, -0.2) is 78.6 Å². The maximum Gasteiger partial charge on any atom is 0.320 e. The van der Waals surface area contributed by atoms with Crippen LogP contribution >= 0.6 is 0 Å². The Morgan fingerprint density at radius 3 is 2.67 bits per heavy atom. The first-order valence-corrected chi connectivity index (χ1v) is 14.0. The lowest BCUT2D eigenvalue weighted by Gasteiger charge is -2.53. The Labute approximate surface area is 228 Å². The number of aliphatic hydroxyl groups is 1. The summed E-state index contributed by atoms with van der Waals surface area (Å²) in [7, 11) is 1.82. The predicted octanol–water partition coefficient (Wildman–Crippen LogP) is 2.41. The molecule has 6 rings (SSSR count). The normalized spacial score (nSPS) is 24.8. The van der Waals surface area contributed by atoms with Crippen LogP contribution in [-0.2, 0) is 13.6 Å². The third-order valence-corrected chi connectivity index (χ3v) is 9.09. The number of amides is 2. The van der Waals surface area contributed by atoms with Crippen molar-refractivity contribution in [2.24, 2.45) is 12.5 Å². The summed E-state index contributed by atoms with van der Waals surface area (Å²) >= 11 is 0. The highest BCUT2D eigenvalue weighted by molar-refractivity contribution is 5.75. The second kappa shape index (κ2) is 10.2. The van der Waals surface area contributed by atoms with Crippen LogP contribution in [0.5, 0.6) is 0 Å². The molecule has 2 amide bonds. The summed E-state index contributed by atoms with van der Waals surface area (Å²) in [5, 5.41) is 19.8. The van der Waals surface area contributed by atoms with Crippen molar-refractivity contribution in [3.8, 4) is 11.3 Å². The van der Waals surface area contributed by atoms with E-state index >= 15 is 0 Å². The molecule has 2 aromatic heterocycles. The van der Waals surface area contributed by atoms with Crippen molar-refractivity contribution in [1.82, 2.24) is 34.4 Å². The van der Waals surface area contributed by atoms with E-state index in [1.54, 1.807) is 10.9 Å². The van der Waals surface area contributed by atoms with Gasteiger partial charge >= 0.3 is 6.03 Å². The highest BCUT2D eigenvalue weighted by atomic mass is 16.3. The molecule has 3 aliphatic rings. The standard InChI is InChI=1S/C29H37N7O3/c1-33-18-23(16-32-33)24-15-26(37)35(21-31-24)20-29(39)11-13-34(19-28(29)9-5-6-10-28)27(38)36-14-12-30-17-25(36)22-7-3-2-4-8-22/h2-4,7-8,15-16,18,21,25,30,39H,5-6,9-14,17,19-20H2,1H3. The Morgan fingerprint density at radius 2 is 1.95 bits per heavy atom. The molecule has 4 heterocycles. The minimum atomic E-state index is -1.09. The molecule has 2 unspecified atom stereocenters. The zero-order chi connectivity index (χ0) is 27.0. The lowest BCUT2D eigenvalue weighted by Crippen LogP contribution is -2.64. The SMILES string of the molecule is Cn1cc(-c2cc(=O)n(CC3(O)CCN(C(=O)N4CCNCC4c4ccccc4)CC34CCCC4)cn2)cn1. The second-order valence-electron chi connectivity index (χ2n) is 11.4. The molecule has 2 N–H and O–H groups in total. The molecule has 10 heteroatoms. The fraction of sp³-hybridized carbons (Fsp3) is 0.517. The van der Waals surface area contributed by atoms with Gasteiger partial charge < -0.3 is 20.2 Å². The van der Waals surface area contributed by atoms with E-state index < -0.39 is 11.0 Å². The van der Waals surface area contributed by atoms with Gasteiger partial charge in [0.25, 0.3) is 5.56 Å². The van der Waals surface area contributed by atoms with Crippen LogP contribution in [0, 0.1) is 5.41 Å². The van der Waals surface area contributed by atoms with Crippen LogP contribution in [0.1, 0.15) is 43.7 Å². The molecule has 10 nitrogen and oxygen atoms in total. The minimum Gasteiger partial charge on any atom is -0.387 e. The van der Waals surface area contributed by atoms with Crippen LogP contribution in [0.4, 0.5) is 4.79 Å². The molecule has 3 fully saturated rings. The molecule has 3 aromatic rings. The number of rotatable bonds is 4. The molecule has 2 atom stereocenters. The fourth-order valence-corrected chi connectivity index (χ4v) is 6.89.